The normalized spacial score (nSPS) is 11.6. The van der Waals surface area contributed by atoms with Gasteiger partial charge in [-0.05, 0) is 34.8 Å². The Kier molecular flexibility index (Phi) is 8.17. The standard InChI is InChI=1S/C23H25N5O5S/c1-33-12-11-26-22(31)19(15-7-9-16(29)10-8-15)28(13-14-5-3-2-4-6-14)23(32)20-17(24)18(21(25)30)27-34-20/h2-10,19,29H,11-13,24H2,1H3,(H2,25,30)(H,26,31)/t19-/m1/s1. The highest BCUT2D eigenvalue weighted by molar-refractivity contribution is 7.09. The number of nitrogens with zero attached hydrogens (tertiary/aromatic N) is 2. The second kappa shape index (κ2) is 11.3. The molecule has 1 aromatic heterocycles. The fourth-order valence-corrected chi connectivity index (χ4v) is 4.08. The molecule has 0 unspecified atom stereocenters. The number of phenolic OH excluding ortho intramolecular Hbond substituents is 1. The summed E-state index contributed by atoms with van der Waals surface area (Å²) >= 11 is 0.741. The zero-order chi connectivity index (χ0) is 24.7. The van der Waals surface area contributed by atoms with Crippen molar-refractivity contribution in [2.45, 2.75) is 12.6 Å². The second-order valence-electron chi connectivity index (χ2n) is 7.33. The van der Waals surface area contributed by atoms with Gasteiger partial charge >= 0.3 is 0 Å². The van der Waals surface area contributed by atoms with Gasteiger partial charge in [0.1, 0.15) is 16.7 Å². The highest BCUT2D eigenvalue weighted by atomic mass is 32.1. The Hall–Kier alpha value is -3.96. The van der Waals surface area contributed by atoms with Crippen LogP contribution in [-0.2, 0) is 16.1 Å². The molecule has 0 saturated heterocycles. The third-order valence-corrected chi connectivity index (χ3v) is 5.84. The summed E-state index contributed by atoms with van der Waals surface area (Å²) in [5, 5.41) is 12.5. The molecule has 0 bridgehead atoms. The average Bonchev–Trinajstić information content (AvgIpc) is 3.22. The van der Waals surface area contributed by atoms with E-state index in [1.54, 1.807) is 12.1 Å². The fraction of sp³-hybridized carbons (Fsp3) is 0.217. The quantitative estimate of drug-likeness (QED) is 0.319. The lowest BCUT2D eigenvalue weighted by Crippen LogP contribution is -2.44. The molecule has 3 aromatic rings. The number of benzene rings is 2. The largest absolute Gasteiger partial charge is 0.508 e. The number of phenols is 1. The van der Waals surface area contributed by atoms with Crippen LogP contribution in [0, 0.1) is 0 Å². The number of hydrogen-bond acceptors (Lipinski definition) is 8. The minimum absolute atomic E-state index is 0.00167. The lowest BCUT2D eigenvalue weighted by molar-refractivity contribution is -0.126. The number of primary amides is 1. The molecule has 1 heterocycles. The van der Waals surface area contributed by atoms with Crippen LogP contribution in [0.25, 0.3) is 0 Å². The van der Waals surface area contributed by atoms with Gasteiger partial charge in [0.15, 0.2) is 5.69 Å². The van der Waals surface area contributed by atoms with Gasteiger partial charge in [-0.3, -0.25) is 14.4 Å². The first-order chi connectivity index (χ1) is 16.3. The molecule has 3 amide bonds. The van der Waals surface area contributed by atoms with E-state index in [1.165, 1.54) is 24.1 Å². The van der Waals surface area contributed by atoms with Crippen molar-refractivity contribution in [1.82, 2.24) is 14.6 Å². The molecule has 0 aliphatic rings. The average molecular weight is 484 g/mol. The number of nitrogen functional groups attached to an aromatic ring is 1. The number of amides is 3. The summed E-state index contributed by atoms with van der Waals surface area (Å²) in [6.07, 6.45) is 0. The van der Waals surface area contributed by atoms with Crippen molar-refractivity contribution in [3.05, 3.63) is 76.3 Å². The number of aromatic hydroxyl groups is 1. The summed E-state index contributed by atoms with van der Waals surface area (Å²) in [7, 11) is 1.51. The smallest absolute Gasteiger partial charge is 0.270 e. The summed E-state index contributed by atoms with van der Waals surface area (Å²) < 4.78 is 8.93. The van der Waals surface area contributed by atoms with Gasteiger partial charge < -0.3 is 31.5 Å². The number of ether oxygens (including phenoxy) is 1. The van der Waals surface area contributed by atoms with Crippen LogP contribution in [0.2, 0.25) is 0 Å². The van der Waals surface area contributed by atoms with Crippen molar-refractivity contribution in [2.75, 3.05) is 26.0 Å². The van der Waals surface area contributed by atoms with Gasteiger partial charge in [0.2, 0.25) is 5.91 Å². The molecule has 34 heavy (non-hydrogen) atoms. The van der Waals surface area contributed by atoms with Crippen molar-refractivity contribution < 1.29 is 24.2 Å². The van der Waals surface area contributed by atoms with Gasteiger partial charge in [0.05, 0.1) is 12.3 Å². The van der Waals surface area contributed by atoms with Crippen molar-refractivity contribution in [3.63, 3.8) is 0 Å². The molecule has 11 heteroatoms. The van der Waals surface area contributed by atoms with E-state index >= 15 is 0 Å². The molecule has 0 radical (unpaired) electrons. The summed E-state index contributed by atoms with van der Waals surface area (Å²) in [5.41, 5.74) is 12.2. The monoisotopic (exact) mass is 483 g/mol. The van der Waals surface area contributed by atoms with E-state index in [0.717, 1.165) is 17.1 Å². The number of anilines is 1. The zero-order valence-electron chi connectivity index (χ0n) is 18.4. The SMILES string of the molecule is COCCNC(=O)[C@@H](c1ccc(O)cc1)N(Cc1ccccc1)C(=O)c1snc(C(N)=O)c1N. The third kappa shape index (κ3) is 5.69. The first-order valence-corrected chi connectivity index (χ1v) is 11.1. The number of methoxy groups -OCH3 is 1. The predicted molar refractivity (Wildman–Crippen MR) is 127 cm³/mol. The maximum atomic E-state index is 13.7. The lowest BCUT2D eigenvalue weighted by atomic mass is 10.0. The zero-order valence-corrected chi connectivity index (χ0v) is 19.2. The Balaban J connectivity index is 2.09. The van der Waals surface area contributed by atoms with E-state index in [9.17, 15) is 19.5 Å². The molecule has 0 fully saturated rings. The van der Waals surface area contributed by atoms with Gasteiger partial charge in [0, 0.05) is 20.2 Å². The minimum Gasteiger partial charge on any atom is -0.508 e. The van der Waals surface area contributed by atoms with Crippen molar-refractivity contribution in [2.24, 2.45) is 5.73 Å². The van der Waals surface area contributed by atoms with E-state index < -0.39 is 23.8 Å². The van der Waals surface area contributed by atoms with E-state index in [1.807, 2.05) is 30.3 Å². The van der Waals surface area contributed by atoms with Gasteiger partial charge in [0.25, 0.3) is 11.8 Å². The van der Waals surface area contributed by atoms with Gasteiger partial charge in [-0.15, -0.1) is 0 Å². The number of nitrogens with one attached hydrogen (secondary N) is 1. The Morgan fingerprint density at radius 2 is 1.82 bits per heavy atom. The topological polar surface area (TPSA) is 161 Å². The lowest BCUT2D eigenvalue weighted by Gasteiger charge is -2.31. The van der Waals surface area contributed by atoms with Crippen LogP contribution in [0.4, 0.5) is 5.69 Å². The molecule has 6 N–H and O–H groups in total. The Morgan fingerprint density at radius 1 is 1.15 bits per heavy atom. The highest BCUT2D eigenvalue weighted by Gasteiger charge is 2.34. The van der Waals surface area contributed by atoms with Gasteiger partial charge in [-0.2, -0.15) is 4.37 Å². The van der Waals surface area contributed by atoms with Crippen LogP contribution >= 0.6 is 11.5 Å². The van der Waals surface area contributed by atoms with Crippen LogP contribution in [0.15, 0.2) is 54.6 Å². The summed E-state index contributed by atoms with van der Waals surface area (Å²) in [6, 6.07) is 14.0. The van der Waals surface area contributed by atoms with Crippen molar-refractivity contribution in [1.29, 1.82) is 0 Å². The van der Waals surface area contributed by atoms with Gasteiger partial charge in [-0.1, -0.05) is 42.5 Å². The van der Waals surface area contributed by atoms with Crippen LogP contribution in [0.3, 0.4) is 0 Å². The molecule has 1 atom stereocenters. The molecule has 0 aliphatic carbocycles. The number of hydrogen-bond donors (Lipinski definition) is 4. The second-order valence-corrected chi connectivity index (χ2v) is 8.11. The number of rotatable bonds is 10. The molecular weight excluding hydrogens is 458 g/mol. The van der Waals surface area contributed by atoms with E-state index in [4.69, 9.17) is 16.2 Å². The van der Waals surface area contributed by atoms with E-state index in [0.29, 0.717) is 5.56 Å². The summed E-state index contributed by atoms with van der Waals surface area (Å²) in [6.45, 7) is 0.572. The molecule has 2 aromatic carbocycles. The Labute approximate surface area is 200 Å². The molecule has 10 nitrogen and oxygen atoms in total. The van der Waals surface area contributed by atoms with E-state index in [-0.39, 0.29) is 41.7 Å². The van der Waals surface area contributed by atoms with Crippen LogP contribution in [-0.4, -0.2) is 52.4 Å². The van der Waals surface area contributed by atoms with Gasteiger partial charge in [-0.25, -0.2) is 0 Å². The third-order valence-electron chi connectivity index (χ3n) is 4.99. The van der Waals surface area contributed by atoms with Crippen LogP contribution in [0.5, 0.6) is 5.75 Å². The number of aromatic nitrogens is 1. The molecule has 0 spiro atoms. The molecule has 0 aliphatic heterocycles. The first-order valence-electron chi connectivity index (χ1n) is 10.3. The van der Waals surface area contributed by atoms with Crippen LogP contribution in [0.1, 0.15) is 37.3 Å². The predicted octanol–water partition coefficient (Wildman–Crippen LogP) is 1.68. The first kappa shape index (κ1) is 24.7. The maximum absolute atomic E-state index is 13.7. The molecular formula is C23H25N5O5S. The number of carbonyl (C=O) groups excluding carboxylic acids is 3. The highest BCUT2D eigenvalue weighted by Crippen LogP contribution is 2.31. The number of carbonyl (C=O) groups is 3. The summed E-state index contributed by atoms with van der Waals surface area (Å²) in [4.78, 5) is 40.0. The Morgan fingerprint density at radius 3 is 2.41 bits per heavy atom. The molecule has 178 valence electrons. The fourth-order valence-electron chi connectivity index (χ4n) is 3.32. The minimum atomic E-state index is -1.08. The Bertz CT molecular complexity index is 1150. The van der Waals surface area contributed by atoms with E-state index in [2.05, 4.69) is 9.69 Å². The molecule has 0 saturated carbocycles. The summed E-state index contributed by atoms with van der Waals surface area (Å²) in [5.74, 6) is -1.88. The van der Waals surface area contributed by atoms with Crippen molar-refractivity contribution in [3.8, 4) is 5.75 Å². The van der Waals surface area contributed by atoms with Crippen LogP contribution < -0.4 is 16.8 Å². The van der Waals surface area contributed by atoms with Crippen molar-refractivity contribution >= 4 is 34.9 Å². The maximum Gasteiger partial charge on any atom is 0.270 e. The number of nitrogens with two attached hydrogens (primary N) is 2. The molecule has 3 rings (SSSR count).